The van der Waals surface area contributed by atoms with E-state index in [0.717, 1.165) is 74.0 Å². The number of fused-ring (bicyclic) bond motifs is 1. The maximum atomic E-state index is 14.1. The maximum absolute atomic E-state index is 14.1. The summed E-state index contributed by atoms with van der Waals surface area (Å²) in [7, 11) is 0. The molecule has 2 heterocycles. The van der Waals surface area contributed by atoms with Crippen molar-refractivity contribution in [1.29, 1.82) is 0 Å². The molecule has 0 fully saturated rings. The van der Waals surface area contributed by atoms with Gasteiger partial charge in [0.2, 0.25) is 0 Å². The lowest BCUT2D eigenvalue weighted by molar-refractivity contribution is -0.137. The zero-order valence-electron chi connectivity index (χ0n) is 23.4. The summed E-state index contributed by atoms with van der Waals surface area (Å²) in [5.41, 5.74) is 1.01. The molecule has 1 unspecified atom stereocenters. The van der Waals surface area contributed by atoms with Gasteiger partial charge in [-0.1, -0.05) is 82.0 Å². The normalized spacial score (nSPS) is 16.9. The topological polar surface area (TPSA) is 46.9 Å². The summed E-state index contributed by atoms with van der Waals surface area (Å²) in [5.74, 6) is 0.692. The molecule has 1 N–H and O–H groups in total. The average molecular weight is 540 g/mol. The van der Waals surface area contributed by atoms with Gasteiger partial charge in [-0.25, -0.2) is 4.68 Å². The van der Waals surface area contributed by atoms with Crippen LogP contribution in [0.3, 0.4) is 0 Å². The minimum atomic E-state index is -4.39. The van der Waals surface area contributed by atoms with Crippen LogP contribution in [0.1, 0.15) is 112 Å². The molecule has 1 aliphatic rings. The first-order valence-electron chi connectivity index (χ1n) is 14.1. The van der Waals surface area contributed by atoms with Crippen molar-refractivity contribution in [1.82, 2.24) is 9.78 Å². The highest BCUT2D eigenvalue weighted by molar-refractivity contribution is 6.01. The molecule has 210 valence electrons. The Morgan fingerprint density at radius 1 is 0.974 bits per heavy atom. The molecule has 7 heteroatoms. The van der Waals surface area contributed by atoms with Crippen molar-refractivity contribution in [3.8, 4) is 0 Å². The average Bonchev–Trinajstić information content (AvgIpc) is 3.35. The number of Topliss-reactive ketones (excluding diaryl/α,β-unsaturated/α-hetero) is 1. The Labute approximate surface area is 230 Å². The summed E-state index contributed by atoms with van der Waals surface area (Å²) in [6.45, 7) is 8.46. The number of alkyl halides is 3. The lowest BCUT2D eigenvalue weighted by Gasteiger charge is -2.39. The van der Waals surface area contributed by atoms with Crippen molar-refractivity contribution in [2.24, 2.45) is 0 Å². The molecule has 1 aliphatic heterocycles. The molecular weight excluding hydrogens is 499 g/mol. The molecule has 1 aromatic heterocycles. The second-order valence-electron chi connectivity index (χ2n) is 11.6. The highest BCUT2D eigenvalue weighted by Crippen LogP contribution is 2.44. The van der Waals surface area contributed by atoms with Gasteiger partial charge in [0.25, 0.3) is 0 Å². The van der Waals surface area contributed by atoms with Crippen molar-refractivity contribution in [3.05, 3.63) is 83.0 Å². The van der Waals surface area contributed by atoms with Gasteiger partial charge < -0.3 is 5.32 Å². The van der Waals surface area contributed by atoms with E-state index in [4.69, 9.17) is 0 Å². The van der Waals surface area contributed by atoms with Gasteiger partial charge in [-0.3, -0.25) is 4.79 Å². The molecule has 0 amide bonds. The fourth-order valence-corrected chi connectivity index (χ4v) is 5.98. The summed E-state index contributed by atoms with van der Waals surface area (Å²) in [4.78, 5) is 14.1. The predicted molar refractivity (Wildman–Crippen MR) is 150 cm³/mol. The van der Waals surface area contributed by atoms with E-state index in [1.807, 2.05) is 22.9 Å². The fourth-order valence-electron chi connectivity index (χ4n) is 5.98. The second-order valence-corrected chi connectivity index (χ2v) is 11.6. The van der Waals surface area contributed by atoms with Crippen LogP contribution in [0.25, 0.3) is 0 Å². The Balaban J connectivity index is 1.71. The van der Waals surface area contributed by atoms with Crippen LogP contribution < -0.4 is 5.32 Å². The third kappa shape index (κ3) is 6.23. The zero-order valence-corrected chi connectivity index (χ0v) is 23.4. The van der Waals surface area contributed by atoms with Crippen LogP contribution in [0.4, 0.5) is 19.0 Å². The molecule has 39 heavy (non-hydrogen) atoms. The van der Waals surface area contributed by atoms with Gasteiger partial charge in [0.1, 0.15) is 5.82 Å². The summed E-state index contributed by atoms with van der Waals surface area (Å²) in [6, 6.07) is 15.7. The van der Waals surface area contributed by atoms with E-state index < -0.39 is 17.2 Å². The van der Waals surface area contributed by atoms with Crippen molar-refractivity contribution < 1.29 is 18.0 Å². The van der Waals surface area contributed by atoms with Gasteiger partial charge in [-0.05, 0) is 56.4 Å². The summed E-state index contributed by atoms with van der Waals surface area (Å²) < 4.78 is 41.9. The van der Waals surface area contributed by atoms with E-state index in [1.54, 1.807) is 18.3 Å². The smallest absolute Gasteiger partial charge is 0.363 e. The Kier molecular flexibility index (Phi) is 8.57. The minimum absolute atomic E-state index is 0.0274. The van der Waals surface area contributed by atoms with Crippen LogP contribution in [0, 0.1) is 0 Å². The van der Waals surface area contributed by atoms with E-state index >= 15 is 0 Å². The van der Waals surface area contributed by atoms with E-state index in [2.05, 4.69) is 50.2 Å². The zero-order chi connectivity index (χ0) is 28.3. The SMILES string of the molecule is CCCCC(CCCC)(CC(=O)c1cnn2c1NC(c1ccccc1)CC2(C)C)c1ccc(C(F)(F)F)cc1. The van der Waals surface area contributed by atoms with Gasteiger partial charge in [0, 0.05) is 11.8 Å². The number of ketones is 1. The van der Waals surface area contributed by atoms with Gasteiger partial charge >= 0.3 is 6.18 Å². The van der Waals surface area contributed by atoms with Crippen LogP contribution in [0.15, 0.2) is 60.8 Å². The van der Waals surface area contributed by atoms with Crippen LogP contribution in [0.2, 0.25) is 0 Å². The molecule has 0 saturated carbocycles. The van der Waals surface area contributed by atoms with Crippen LogP contribution in [-0.4, -0.2) is 15.6 Å². The van der Waals surface area contributed by atoms with Crippen LogP contribution >= 0.6 is 0 Å². The quantitative estimate of drug-likeness (QED) is 0.247. The van der Waals surface area contributed by atoms with Crippen molar-refractivity contribution in [2.75, 3.05) is 5.32 Å². The van der Waals surface area contributed by atoms with Crippen molar-refractivity contribution in [2.45, 2.75) is 102 Å². The van der Waals surface area contributed by atoms with E-state index in [1.165, 1.54) is 0 Å². The molecule has 4 rings (SSSR count). The maximum Gasteiger partial charge on any atom is 0.416 e. The lowest BCUT2D eigenvalue weighted by atomic mass is 9.69. The molecule has 0 aliphatic carbocycles. The first-order valence-corrected chi connectivity index (χ1v) is 14.1. The molecule has 1 atom stereocenters. The molecule has 3 aromatic rings. The Bertz CT molecular complexity index is 1240. The number of anilines is 1. The molecule has 0 saturated heterocycles. The van der Waals surface area contributed by atoms with Crippen LogP contribution in [0.5, 0.6) is 0 Å². The number of nitrogens with one attached hydrogen (secondary N) is 1. The Hall–Kier alpha value is -3.09. The predicted octanol–water partition coefficient (Wildman–Crippen LogP) is 9.09. The Morgan fingerprint density at radius 3 is 2.13 bits per heavy atom. The first kappa shape index (κ1) is 28.9. The largest absolute Gasteiger partial charge is 0.416 e. The molecule has 0 bridgehead atoms. The van der Waals surface area contributed by atoms with Gasteiger partial charge in [0.15, 0.2) is 5.78 Å². The summed E-state index contributed by atoms with van der Waals surface area (Å²) >= 11 is 0. The van der Waals surface area contributed by atoms with Gasteiger partial charge in [-0.15, -0.1) is 0 Å². The number of benzene rings is 2. The number of aromatic nitrogens is 2. The van der Waals surface area contributed by atoms with E-state index in [0.29, 0.717) is 5.56 Å². The standard InChI is InChI=1S/C32H40F3N3O/c1-5-7-18-31(19-8-6-2,24-14-16-25(17-15-24)32(33,34)35)21-28(39)26-22-36-38-29(26)37-27(20-30(38,3)4)23-12-10-9-11-13-23/h9-17,22,27,37H,5-8,18-21H2,1-4H3. The van der Waals surface area contributed by atoms with E-state index in [9.17, 15) is 18.0 Å². The second kappa shape index (κ2) is 11.6. The van der Waals surface area contributed by atoms with Crippen molar-refractivity contribution >= 4 is 11.6 Å². The number of unbranched alkanes of at least 4 members (excludes halogenated alkanes) is 2. The number of carbonyl (C=O) groups is 1. The summed E-state index contributed by atoms with van der Waals surface area (Å²) in [5, 5.41) is 8.22. The lowest BCUT2D eigenvalue weighted by Crippen LogP contribution is -2.38. The third-order valence-corrected chi connectivity index (χ3v) is 8.20. The van der Waals surface area contributed by atoms with Crippen molar-refractivity contribution in [3.63, 3.8) is 0 Å². The molecule has 2 aromatic carbocycles. The number of hydrogen-bond donors (Lipinski definition) is 1. The molecular formula is C32H40F3N3O. The number of nitrogens with zero attached hydrogens (tertiary/aromatic N) is 2. The van der Waals surface area contributed by atoms with Crippen LogP contribution in [-0.2, 0) is 17.1 Å². The molecule has 0 spiro atoms. The number of hydrogen-bond acceptors (Lipinski definition) is 3. The number of halogens is 3. The highest BCUT2D eigenvalue weighted by atomic mass is 19.4. The molecule has 0 radical (unpaired) electrons. The Morgan fingerprint density at radius 2 is 1.56 bits per heavy atom. The van der Waals surface area contributed by atoms with Gasteiger partial charge in [0.05, 0.1) is 28.9 Å². The first-order chi connectivity index (χ1) is 18.5. The third-order valence-electron chi connectivity index (χ3n) is 8.20. The number of carbonyl (C=O) groups excluding carboxylic acids is 1. The highest BCUT2D eigenvalue weighted by Gasteiger charge is 2.40. The van der Waals surface area contributed by atoms with Gasteiger partial charge in [-0.2, -0.15) is 18.3 Å². The number of rotatable bonds is 11. The van der Waals surface area contributed by atoms with E-state index in [-0.39, 0.29) is 23.8 Å². The molecule has 4 nitrogen and oxygen atoms in total. The minimum Gasteiger partial charge on any atom is -0.363 e. The summed E-state index contributed by atoms with van der Waals surface area (Å²) in [6.07, 6.45) is 3.49. The monoisotopic (exact) mass is 539 g/mol. The fraction of sp³-hybridized carbons (Fsp3) is 0.500.